The molecule has 90 valence electrons. The Kier molecular flexibility index (Phi) is 3.11. The van der Waals surface area contributed by atoms with E-state index < -0.39 is 17.4 Å². The zero-order valence-corrected chi connectivity index (χ0v) is 10.5. The highest BCUT2D eigenvalue weighted by atomic mass is 32.2. The summed E-state index contributed by atoms with van der Waals surface area (Å²) in [6, 6.07) is -0.439. The van der Waals surface area contributed by atoms with Crippen molar-refractivity contribution in [1.82, 2.24) is 4.90 Å². The minimum Gasteiger partial charge on any atom is -0.481 e. The number of carboxylic acid groups (broad SMARTS) is 1. The lowest BCUT2D eigenvalue weighted by atomic mass is 9.89. The molecule has 2 heterocycles. The third kappa shape index (κ3) is 1.61. The second-order valence-corrected chi connectivity index (χ2v) is 6.18. The summed E-state index contributed by atoms with van der Waals surface area (Å²) < 4.78 is 0. The summed E-state index contributed by atoms with van der Waals surface area (Å²) in [4.78, 5) is 24.4. The molecule has 5 nitrogen and oxygen atoms in total. The summed E-state index contributed by atoms with van der Waals surface area (Å²) in [5.74, 6) is 0.122. The number of nitrogens with two attached hydrogens (primary N) is 1. The Morgan fingerprint density at radius 1 is 1.81 bits per heavy atom. The van der Waals surface area contributed by atoms with Crippen LogP contribution in [0.2, 0.25) is 0 Å². The van der Waals surface area contributed by atoms with Crippen LogP contribution in [0.15, 0.2) is 0 Å². The summed E-state index contributed by atoms with van der Waals surface area (Å²) in [6.07, 6.45) is 1.88. The topological polar surface area (TPSA) is 83.6 Å². The molecule has 0 spiro atoms. The summed E-state index contributed by atoms with van der Waals surface area (Å²) in [7, 11) is 0. The fourth-order valence-electron chi connectivity index (χ4n) is 2.08. The second kappa shape index (κ2) is 4.12. The molecule has 3 atom stereocenters. The average Bonchev–Trinajstić information content (AvgIpc) is 2.28. The number of carbonyl (C=O) groups is 2. The molecule has 2 unspecified atom stereocenters. The van der Waals surface area contributed by atoms with Crippen molar-refractivity contribution in [2.24, 2.45) is 11.1 Å². The quantitative estimate of drug-likeness (QED) is 0.677. The molecule has 0 aliphatic carbocycles. The third-order valence-electron chi connectivity index (χ3n) is 3.06. The van der Waals surface area contributed by atoms with E-state index in [1.165, 1.54) is 23.5 Å². The number of amides is 1. The van der Waals surface area contributed by atoms with Crippen LogP contribution < -0.4 is 5.73 Å². The largest absolute Gasteiger partial charge is 0.481 e. The van der Waals surface area contributed by atoms with Crippen LogP contribution in [0.5, 0.6) is 0 Å². The highest BCUT2D eigenvalue weighted by Gasteiger charge is 2.55. The zero-order chi connectivity index (χ0) is 11.9. The first-order valence-electron chi connectivity index (χ1n) is 4.92. The van der Waals surface area contributed by atoms with Gasteiger partial charge in [-0.1, -0.05) is 0 Å². The summed E-state index contributed by atoms with van der Waals surface area (Å²) in [5, 5.41) is 9.29. The summed E-state index contributed by atoms with van der Waals surface area (Å²) >= 11 is 2.99. The summed E-state index contributed by atoms with van der Waals surface area (Å²) in [5.41, 5.74) is 4.84. The zero-order valence-electron chi connectivity index (χ0n) is 8.88. The molecule has 0 aromatic carbocycles. The smallest absolute Gasteiger partial charge is 0.313 e. The maximum Gasteiger partial charge on any atom is 0.313 e. The lowest BCUT2D eigenvalue weighted by molar-refractivity contribution is -0.155. The number of fused-ring (bicyclic) bond motifs is 1. The van der Waals surface area contributed by atoms with Crippen LogP contribution in [-0.2, 0) is 9.59 Å². The van der Waals surface area contributed by atoms with Gasteiger partial charge in [0.15, 0.2) is 0 Å². The highest BCUT2D eigenvalue weighted by Crippen LogP contribution is 2.42. The molecule has 1 amide bonds. The number of thioether (sulfide) groups is 2. The van der Waals surface area contributed by atoms with E-state index in [4.69, 9.17) is 5.73 Å². The second-order valence-electron chi connectivity index (χ2n) is 4.21. The standard InChI is InChI=1S/C9H14N2O3S2/c1-15-3-9(8(13)14)2-11-6(12)5(10)7(11)16-4-9/h5,7H,2-4,10H2,1H3,(H,13,14)/t5?,7-,9?/m1/s1. The van der Waals surface area contributed by atoms with Crippen LogP contribution in [-0.4, -0.2) is 57.6 Å². The maximum absolute atomic E-state index is 11.5. The number of carboxylic acids is 1. The van der Waals surface area contributed by atoms with Crippen LogP contribution in [0.25, 0.3) is 0 Å². The van der Waals surface area contributed by atoms with Crippen molar-refractivity contribution in [3.8, 4) is 0 Å². The van der Waals surface area contributed by atoms with E-state index in [1.54, 1.807) is 4.90 Å². The minimum absolute atomic E-state index is 0.0122. The van der Waals surface area contributed by atoms with Gasteiger partial charge in [-0.05, 0) is 6.26 Å². The predicted molar refractivity (Wildman–Crippen MR) is 64.4 cm³/mol. The number of aliphatic carboxylic acids is 1. The third-order valence-corrected chi connectivity index (χ3v) is 5.51. The van der Waals surface area contributed by atoms with Gasteiger partial charge in [-0.15, -0.1) is 11.8 Å². The van der Waals surface area contributed by atoms with Gasteiger partial charge in [0.05, 0.1) is 0 Å². The minimum atomic E-state index is -0.818. The van der Waals surface area contributed by atoms with Gasteiger partial charge in [0.2, 0.25) is 5.91 Å². The fraction of sp³-hybridized carbons (Fsp3) is 0.778. The molecular formula is C9H14N2O3S2. The Labute approximate surface area is 102 Å². The molecule has 7 heteroatoms. The molecule has 16 heavy (non-hydrogen) atoms. The molecule has 2 rings (SSSR count). The highest BCUT2D eigenvalue weighted by molar-refractivity contribution is 8.00. The lowest BCUT2D eigenvalue weighted by Gasteiger charge is -2.52. The lowest BCUT2D eigenvalue weighted by Crippen LogP contribution is -2.72. The van der Waals surface area contributed by atoms with Gasteiger partial charge in [0.25, 0.3) is 0 Å². The van der Waals surface area contributed by atoms with Gasteiger partial charge in [-0.25, -0.2) is 0 Å². The van der Waals surface area contributed by atoms with Gasteiger partial charge in [0.1, 0.15) is 16.8 Å². The molecule has 0 bridgehead atoms. The number of nitrogens with zero attached hydrogens (tertiary/aromatic N) is 1. The first-order valence-corrected chi connectivity index (χ1v) is 7.36. The Hall–Kier alpha value is -0.400. The van der Waals surface area contributed by atoms with Gasteiger partial charge < -0.3 is 15.7 Å². The van der Waals surface area contributed by atoms with Gasteiger partial charge >= 0.3 is 5.97 Å². The van der Waals surface area contributed by atoms with E-state index in [0.29, 0.717) is 18.1 Å². The maximum atomic E-state index is 11.5. The van der Waals surface area contributed by atoms with Crippen molar-refractivity contribution in [2.45, 2.75) is 11.4 Å². The van der Waals surface area contributed by atoms with Crippen LogP contribution in [0.1, 0.15) is 0 Å². The van der Waals surface area contributed by atoms with Gasteiger partial charge in [0, 0.05) is 18.1 Å². The Morgan fingerprint density at radius 3 is 3.06 bits per heavy atom. The molecule has 0 saturated carbocycles. The fourth-order valence-corrected chi connectivity index (χ4v) is 4.57. The van der Waals surface area contributed by atoms with Crippen molar-refractivity contribution >= 4 is 35.4 Å². The Balaban J connectivity index is 2.14. The van der Waals surface area contributed by atoms with Gasteiger partial charge in [-0.2, -0.15) is 11.8 Å². The summed E-state index contributed by atoms with van der Waals surface area (Å²) in [6.45, 7) is 0.299. The van der Waals surface area contributed by atoms with Crippen LogP contribution >= 0.6 is 23.5 Å². The monoisotopic (exact) mass is 262 g/mol. The first-order chi connectivity index (χ1) is 7.52. The Bertz CT molecular complexity index is 339. The molecule has 2 aliphatic heterocycles. The van der Waals surface area contributed by atoms with Crippen LogP contribution in [0.4, 0.5) is 0 Å². The van der Waals surface area contributed by atoms with Crippen LogP contribution in [0, 0.1) is 5.41 Å². The average molecular weight is 262 g/mol. The molecule has 2 fully saturated rings. The number of rotatable bonds is 3. The van der Waals surface area contributed by atoms with Crippen molar-refractivity contribution in [3.05, 3.63) is 0 Å². The molecule has 0 aromatic heterocycles. The molecular weight excluding hydrogens is 248 g/mol. The van der Waals surface area contributed by atoms with Crippen molar-refractivity contribution in [2.75, 3.05) is 24.3 Å². The van der Waals surface area contributed by atoms with E-state index in [1.807, 2.05) is 6.26 Å². The predicted octanol–water partition coefficient (Wildman–Crippen LogP) is -0.337. The van der Waals surface area contributed by atoms with Crippen molar-refractivity contribution in [1.29, 1.82) is 0 Å². The number of β-lactam (4-membered cyclic amide) rings is 1. The van der Waals surface area contributed by atoms with Crippen molar-refractivity contribution < 1.29 is 14.7 Å². The molecule has 0 radical (unpaired) electrons. The SMILES string of the molecule is CSCC1(C(=O)O)CS[C@@H]2C(N)C(=O)N2C1. The normalized spacial score (nSPS) is 37.9. The number of carbonyl (C=O) groups excluding carboxylic acids is 1. The molecule has 2 aliphatic rings. The van der Waals surface area contributed by atoms with E-state index in [9.17, 15) is 14.7 Å². The van der Waals surface area contributed by atoms with E-state index >= 15 is 0 Å². The van der Waals surface area contributed by atoms with E-state index in [2.05, 4.69) is 0 Å². The van der Waals surface area contributed by atoms with E-state index in [-0.39, 0.29) is 11.3 Å². The number of hydrogen-bond acceptors (Lipinski definition) is 5. The van der Waals surface area contributed by atoms with Gasteiger partial charge in [-0.3, -0.25) is 9.59 Å². The molecule has 2 saturated heterocycles. The molecule has 0 aromatic rings. The molecule has 3 N–H and O–H groups in total. The first kappa shape index (κ1) is 12.1. The van der Waals surface area contributed by atoms with Crippen molar-refractivity contribution in [3.63, 3.8) is 0 Å². The number of hydrogen-bond donors (Lipinski definition) is 2. The van der Waals surface area contributed by atoms with Crippen LogP contribution in [0.3, 0.4) is 0 Å². The Morgan fingerprint density at radius 2 is 2.50 bits per heavy atom. The van der Waals surface area contributed by atoms with E-state index in [0.717, 1.165) is 0 Å².